The zero-order chi connectivity index (χ0) is 13.6. The quantitative estimate of drug-likeness (QED) is 0.555. The second-order valence-electron chi connectivity index (χ2n) is 4.39. The molecule has 1 aliphatic heterocycles. The molecule has 106 valence electrons. The van der Waals surface area contributed by atoms with Crippen LogP contribution in [-0.4, -0.2) is 49.2 Å². The zero-order valence-corrected chi connectivity index (χ0v) is 10.8. The minimum Gasteiger partial charge on any atom is -0.372 e. The van der Waals surface area contributed by atoms with Gasteiger partial charge in [-0.05, 0) is 18.8 Å². The van der Waals surface area contributed by atoms with E-state index in [-0.39, 0.29) is 18.9 Å². The first kappa shape index (κ1) is 15.6. The number of nitrogens with zero attached hydrogens (tertiary/aromatic N) is 1. The van der Waals surface area contributed by atoms with Crippen molar-refractivity contribution in [1.29, 1.82) is 0 Å². The Hall–Kier alpha value is -0.490. The minimum absolute atomic E-state index is 0.00365. The molecule has 1 fully saturated rings. The molecule has 1 aliphatic rings. The highest BCUT2D eigenvalue weighted by Gasteiger charge is 2.28. The Labute approximate surface area is 109 Å². The van der Waals surface area contributed by atoms with Gasteiger partial charge in [0.15, 0.2) is 0 Å². The first-order chi connectivity index (χ1) is 8.42. The van der Waals surface area contributed by atoms with Crippen LogP contribution in [0.1, 0.15) is 19.3 Å². The summed E-state index contributed by atoms with van der Waals surface area (Å²) in [6, 6.07) is 0. The number of carbonyl (C=O) groups is 1. The number of rotatable bonds is 6. The van der Waals surface area contributed by atoms with Crippen LogP contribution in [0.5, 0.6) is 0 Å². The van der Waals surface area contributed by atoms with Crippen LogP contribution >= 0.6 is 11.6 Å². The SMILES string of the molecule is O=C(CCOCC(F)(F)F)N1CCC(CCCl)C1. The molecule has 7 heteroatoms. The molecule has 1 rings (SSSR count). The Bertz CT molecular complexity index is 274. The van der Waals surface area contributed by atoms with Crippen LogP contribution in [0, 0.1) is 5.92 Å². The van der Waals surface area contributed by atoms with Crippen molar-refractivity contribution in [3.05, 3.63) is 0 Å². The molecule has 1 atom stereocenters. The molecule has 0 spiro atoms. The third kappa shape index (κ3) is 5.91. The van der Waals surface area contributed by atoms with E-state index in [0.717, 1.165) is 12.8 Å². The standard InChI is InChI=1S/C11H17ClF3NO2/c12-4-1-9-2-5-16(7-9)10(17)3-6-18-8-11(13,14)15/h9H,1-8H2. The van der Waals surface area contributed by atoms with E-state index in [9.17, 15) is 18.0 Å². The largest absolute Gasteiger partial charge is 0.411 e. The van der Waals surface area contributed by atoms with Crippen molar-refractivity contribution in [3.8, 4) is 0 Å². The fourth-order valence-corrected chi connectivity index (χ4v) is 2.26. The second-order valence-corrected chi connectivity index (χ2v) is 4.77. The molecule has 1 unspecified atom stereocenters. The molecule has 0 aromatic rings. The number of hydrogen-bond acceptors (Lipinski definition) is 2. The van der Waals surface area contributed by atoms with Crippen LogP contribution in [0.15, 0.2) is 0 Å². The van der Waals surface area contributed by atoms with Crippen LogP contribution in [0.25, 0.3) is 0 Å². The Balaban J connectivity index is 2.14. The van der Waals surface area contributed by atoms with Crippen LogP contribution in [0.3, 0.4) is 0 Å². The summed E-state index contributed by atoms with van der Waals surface area (Å²) in [5.74, 6) is 0.846. The highest BCUT2D eigenvalue weighted by atomic mass is 35.5. The Morgan fingerprint density at radius 3 is 2.78 bits per heavy atom. The summed E-state index contributed by atoms with van der Waals surface area (Å²) >= 11 is 5.62. The van der Waals surface area contributed by atoms with Gasteiger partial charge in [0, 0.05) is 19.0 Å². The molecule has 1 saturated heterocycles. The van der Waals surface area contributed by atoms with Gasteiger partial charge < -0.3 is 9.64 Å². The molecular formula is C11H17ClF3NO2. The van der Waals surface area contributed by atoms with Gasteiger partial charge >= 0.3 is 6.18 Å². The predicted octanol–water partition coefficient (Wildman–Crippen LogP) is 2.43. The van der Waals surface area contributed by atoms with Crippen molar-refractivity contribution in [1.82, 2.24) is 4.90 Å². The summed E-state index contributed by atoms with van der Waals surface area (Å²) < 4.78 is 39.8. The Kier molecular flexibility index (Phi) is 6.21. The van der Waals surface area contributed by atoms with E-state index in [1.807, 2.05) is 0 Å². The number of hydrogen-bond donors (Lipinski definition) is 0. The second kappa shape index (κ2) is 7.19. The molecule has 18 heavy (non-hydrogen) atoms. The summed E-state index contributed by atoms with van der Waals surface area (Å²) in [6.45, 7) is -0.158. The van der Waals surface area contributed by atoms with Crippen molar-refractivity contribution < 1.29 is 22.7 Å². The number of likely N-dealkylation sites (tertiary alicyclic amines) is 1. The van der Waals surface area contributed by atoms with Gasteiger partial charge in [0.2, 0.25) is 5.91 Å². The van der Waals surface area contributed by atoms with Crippen LogP contribution < -0.4 is 0 Å². The summed E-state index contributed by atoms with van der Waals surface area (Å²) in [7, 11) is 0. The van der Waals surface area contributed by atoms with E-state index in [1.54, 1.807) is 4.90 Å². The number of halogens is 4. The average Bonchev–Trinajstić information content (AvgIpc) is 2.72. The molecule has 1 heterocycles. The summed E-state index contributed by atoms with van der Waals surface area (Å²) in [6.07, 6.45) is -2.54. The fraction of sp³-hybridized carbons (Fsp3) is 0.909. The fourth-order valence-electron chi connectivity index (χ4n) is 1.95. The molecule has 0 radical (unpaired) electrons. The van der Waals surface area contributed by atoms with Crippen molar-refractivity contribution >= 4 is 17.5 Å². The first-order valence-electron chi connectivity index (χ1n) is 5.90. The molecule has 1 amide bonds. The van der Waals surface area contributed by atoms with Crippen molar-refractivity contribution in [3.63, 3.8) is 0 Å². The summed E-state index contributed by atoms with van der Waals surface area (Å²) in [5.41, 5.74) is 0. The monoisotopic (exact) mass is 287 g/mol. The normalized spacial score (nSPS) is 20.4. The van der Waals surface area contributed by atoms with Gasteiger partial charge in [-0.3, -0.25) is 4.79 Å². The maximum absolute atomic E-state index is 11.8. The van der Waals surface area contributed by atoms with Gasteiger partial charge in [-0.25, -0.2) is 0 Å². The molecule has 0 aliphatic carbocycles. The highest BCUT2D eigenvalue weighted by molar-refractivity contribution is 6.17. The highest BCUT2D eigenvalue weighted by Crippen LogP contribution is 2.20. The summed E-state index contributed by atoms with van der Waals surface area (Å²) in [4.78, 5) is 13.3. The first-order valence-corrected chi connectivity index (χ1v) is 6.44. The van der Waals surface area contributed by atoms with Crippen molar-refractivity contribution in [2.45, 2.75) is 25.4 Å². The number of amides is 1. The van der Waals surface area contributed by atoms with Gasteiger partial charge in [-0.15, -0.1) is 11.6 Å². The van der Waals surface area contributed by atoms with Gasteiger partial charge in [0.25, 0.3) is 0 Å². The van der Waals surface area contributed by atoms with Crippen LogP contribution in [0.4, 0.5) is 13.2 Å². The van der Waals surface area contributed by atoms with Gasteiger partial charge in [-0.1, -0.05) is 0 Å². The van der Waals surface area contributed by atoms with Crippen LogP contribution in [-0.2, 0) is 9.53 Å². The third-order valence-corrected chi connectivity index (χ3v) is 3.10. The third-order valence-electron chi connectivity index (χ3n) is 2.88. The molecule has 0 aromatic carbocycles. The van der Waals surface area contributed by atoms with E-state index >= 15 is 0 Å². The Morgan fingerprint density at radius 1 is 1.44 bits per heavy atom. The van der Waals surface area contributed by atoms with E-state index in [1.165, 1.54) is 0 Å². The average molecular weight is 288 g/mol. The van der Waals surface area contributed by atoms with Gasteiger partial charge in [0.1, 0.15) is 6.61 Å². The van der Waals surface area contributed by atoms with E-state index in [4.69, 9.17) is 11.6 Å². The number of ether oxygens (including phenoxy) is 1. The van der Waals surface area contributed by atoms with E-state index < -0.39 is 12.8 Å². The molecule has 0 aromatic heterocycles. The predicted molar refractivity (Wildman–Crippen MR) is 61.5 cm³/mol. The van der Waals surface area contributed by atoms with Gasteiger partial charge in [-0.2, -0.15) is 13.2 Å². The minimum atomic E-state index is -4.33. The molecular weight excluding hydrogens is 271 g/mol. The zero-order valence-electron chi connectivity index (χ0n) is 10.0. The lowest BCUT2D eigenvalue weighted by atomic mass is 10.1. The molecule has 0 N–H and O–H groups in total. The number of carbonyl (C=O) groups excluding carboxylic acids is 1. The molecule has 0 bridgehead atoms. The number of alkyl halides is 4. The maximum atomic E-state index is 11.8. The maximum Gasteiger partial charge on any atom is 0.411 e. The Morgan fingerprint density at radius 2 is 2.17 bits per heavy atom. The molecule has 3 nitrogen and oxygen atoms in total. The van der Waals surface area contributed by atoms with Crippen molar-refractivity contribution in [2.24, 2.45) is 5.92 Å². The lowest BCUT2D eigenvalue weighted by Gasteiger charge is -2.16. The van der Waals surface area contributed by atoms with Gasteiger partial charge in [0.05, 0.1) is 13.0 Å². The smallest absolute Gasteiger partial charge is 0.372 e. The lowest BCUT2D eigenvalue weighted by Crippen LogP contribution is -2.30. The van der Waals surface area contributed by atoms with Crippen LogP contribution in [0.2, 0.25) is 0 Å². The van der Waals surface area contributed by atoms with E-state index in [0.29, 0.717) is 24.9 Å². The van der Waals surface area contributed by atoms with E-state index in [2.05, 4.69) is 4.74 Å². The van der Waals surface area contributed by atoms with Crippen molar-refractivity contribution in [2.75, 3.05) is 32.2 Å². The lowest BCUT2D eigenvalue weighted by molar-refractivity contribution is -0.175. The topological polar surface area (TPSA) is 29.5 Å². The summed E-state index contributed by atoms with van der Waals surface area (Å²) in [5, 5.41) is 0. The molecule has 0 saturated carbocycles.